The fourth-order valence-corrected chi connectivity index (χ4v) is 3.53. The Hall–Kier alpha value is -1.63. The molecule has 0 N–H and O–H groups in total. The van der Waals surface area contributed by atoms with E-state index in [2.05, 4.69) is 0 Å². The summed E-state index contributed by atoms with van der Waals surface area (Å²) in [6.45, 7) is 9.55. The van der Waals surface area contributed by atoms with Gasteiger partial charge in [-0.05, 0) is 33.3 Å². The van der Waals surface area contributed by atoms with Gasteiger partial charge in [0.15, 0.2) is 6.29 Å². The van der Waals surface area contributed by atoms with E-state index in [9.17, 15) is 4.79 Å². The van der Waals surface area contributed by atoms with Crippen molar-refractivity contribution in [2.24, 2.45) is 5.92 Å². The van der Waals surface area contributed by atoms with Crippen LogP contribution in [-0.2, 0) is 25.6 Å². The number of fused-ring (bicyclic) bond motifs is 1. The summed E-state index contributed by atoms with van der Waals surface area (Å²) >= 11 is 0. The predicted molar refractivity (Wildman–Crippen MR) is 96.6 cm³/mol. The first-order chi connectivity index (χ1) is 12.4. The molecular weight excluding hydrogens is 334 g/mol. The number of amides is 1. The molecule has 0 radical (unpaired) electrons. The van der Waals surface area contributed by atoms with Crippen molar-refractivity contribution in [2.45, 2.75) is 58.3 Å². The zero-order valence-corrected chi connectivity index (χ0v) is 16.0. The first kappa shape index (κ1) is 19.1. The largest absolute Gasteiger partial charge is 0.444 e. The minimum atomic E-state index is -0.529. The number of likely N-dealkylation sites (N-methyl/N-ethyl adjacent to an activating group) is 1. The van der Waals surface area contributed by atoms with Crippen molar-refractivity contribution in [3.8, 4) is 0 Å². The average Bonchev–Trinajstić information content (AvgIpc) is 3.16. The van der Waals surface area contributed by atoms with Crippen molar-refractivity contribution in [1.82, 2.24) is 4.90 Å². The van der Waals surface area contributed by atoms with Crippen LogP contribution in [0.15, 0.2) is 30.3 Å². The lowest BCUT2D eigenvalue weighted by molar-refractivity contribution is -0.0913. The molecule has 2 saturated heterocycles. The highest BCUT2D eigenvalue weighted by Crippen LogP contribution is 2.37. The number of hydrogen-bond acceptors (Lipinski definition) is 5. The summed E-state index contributed by atoms with van der Waals surface area (Å²) in [6.07, 6.45) is -0.746. The summed E-state index contributed by atoms with van der Waals surface area (Å²) in [5, 5.41) is 0. The maximum absolute atomic E-state index is 12.6. The van der Waals surface area contributed by atoms with Gasteiger partial charge >= 0.3 is 6.09 Å². The number of hydrogen-bond donors (Lipinski definition) is 0. The predicted octanol–water partition coefficient (Wildman–Crippen LogP) is 3.20. The number of nitrogens with zero attached hydrogens (tertiary/aromatic N) is 1. The summed E-state index contributed by atoms with van der Waals surface area (Å²) in [7, 11) is 0. The van der Waals surface area contributed by atoms with Crippen molar-refractivity contribution in [2.75, 3.05) is 19.8 Å². The number of benzene rings is 1. The van der Waals surface area contributed by atoms with E-state index in [0.29, 0.717) is 26.4 Å². The Balaban J connectivity index is 1.67. The SMILES string of the molecule is CCN(C(=O)OC(C)(C)C)[C@H]1CO[C@@H]2OC[C@H](OCc3ccccc3)[C@@H]21. The molecule has 0 bridgehead atoms. The van der Waals surface area contributed by atoms with E-state index in [0.717, 1.165) is 5.56 Å². The van der Waals surface area contributed by atoms with Crippen LogP contribution in [0.4, 0.5) is 4.79 Å². The average molecular weight is 363 g/mol. The van der Waals surface area contributed by atoms with Gasteiger partial charge < -0.3 is 23.8 Å². The molecule has 3 rings (SSSR count). The van der Waals surface area contributed by atoms with Crippen LogP contribution < -0.4 is 0 Å². The second kappa shape index (κ2) is 7.94. The molecule has 6 nitrogen and oxygen atoms in total. The third kappa shape index (κ3) is 4.37. The monoisotopic (exact) mass is 363 g/mol. The lowest BCUT2D eigenvalue weighted by atomic mass is 9.96. The molecule has 2 aliphatic heterocycles. The molecule has 2 fully saturated rings. The quantitative estimate of drug-likeness (QED) is 0.804. The van der Waals surface area contributed by atoms with Gasteiger partial charge in [-0.25, -0.2) is 4.79 Å². The molecule has 6 heteroatoms. The summed E-state index contributed by atoms with van der Waals surface area (Å²) in [5.74, 6) is -0.00817. The molecule has 144 valence electrons. The van der Waals surface area contributed by atoms with Gasteiger partial charge in [-0.15, -0.1) is 0 Å². The first-order valence-corrected chi connectivity index (χ1v) is 9.27. The van der Waals surface area contributed by atoms with Crippen LogP contribution >= 0.6 is 0 Å². The minimum absolute atomic E-state index is 0.00817. The highest BCUT2D eigenvalue weighted by Gasteiger charge is 2.51. The smallest absolute Gasteiger partial charge is 0.410 e. The second-order valence-corrected chi connectivity index (χ2v) is 7.78. The number of carbonyl (C=O) groups excluding carboxylic acids is 1. The third-order valence-corrected chi connectivity index (χ3v) is 4.72. The molecule has 1 amide bonds. The van der Waals surface area contributed by atoms with Crippen molar-refractivity contribution >= 4 is 6.09 Å². The standard InChI is InChI=1S/C20H29NO5/c1-5-21(19(22)26-20(2,3)4)15-12-24-18-17(15)16(13-25-18)23-11-14-9-7-6-8-10-14/h6-10,15-18H,5,11-13H2,1-4H3/t15-,16-,17-,18+/m0/s1. The van der Waals surface area contributed by atoms with Gasteiger partial charge in [-0.3, -0.25) is 0 Å². The fourth-order valence-electron chi connectivity index (χ4n) is 3.53. The third-order valence-electron chi connectivity index (χ3n) is 4.72. The van der Waals surface area contributed by atoms with Gasteiger partial charge in [0.25, 0.3) is 0 Å². The van der Waals surface area contributed by atoms with Crippen molar-refractivity contribution in [3.63, 3.8) is 0 Å². The summed E-state index contributed by atoms with van der Waals surface area (Å²) in [4.78, 5) is 14.4. The van der Waals surface area contributed by atoms with Crippen LogP contribution in [0.5, 0.6) is 0 Å². The molecule has 1 aromatic carbocycles. The number of carbonyl (C=O) groups is 1. The van der Waals surface area contributed by atoms with Crippen LogP contribution in [0.25, 0.3) is 0 Å². The zero-order chi connectivity index (χ0) is 18.7. The lowest BCUT2D eigenvalue weighted by Gasteiger charge is -2.33. The molecule has 0 unspecified atom stereocenters. The zero-order valence-electron chi connectivity index (χ0n) is 16.0. The Bertz CT molecular complexity index is 600. The summed E-state index contributed by atoms with van der Waals surface area (Å²) in [5.41, 5.74) is 0.588. The molecule has 0 aliphatic carbocycles. The van der Waals surface area contributed by atoms with E-state index in [4.69, 9.17) is 18.9 Å². The fraction of sp³-hybridized carbons (Fsp3) is 0.650. The maximum atomic E-state index is 12.6. The van der Waals surface area contributed by atoms with Crippen molar-refractivity contribution in [3.05, 3.63) is 35.9 Å². The molecule has 0 aromatic heterocycles. The molecule has 0 saturated carbocycles. The van der Waals surface area contributed by atoms with E-state index in [-0.39, 0.29) is 30.4 Å². The van der Waals surface area contributed by atoms with E-state index < -0.39 is 5.60 Å². The molecular formula is C20H29NO5. The van der Waals surface area contributed by atoms with Gasteiger partial charge in [0.2, 0.25) is 0 Å². The summed E-state index contributed by atoms with van der Waals surface area (Å²) < 4.78 is 23.2. The Morgan fingerprint density at radius 1 is 1.19 bits per heavy atom. The van der Waals surface area contributed by atoms with E-state index >= 15 is 0 Å². The van der Waals surface area contributed by atoms with Crippen LogP contribution in [0.2, 0.25) is 0 Å². The number of rotatable bonds is 5. The van der Waals surface area contributed by atoms with Gasteiger partial charge in [0, 0.05) is 6.54 Å². The Kier molecular flexibility index (Phi) is 5.85. The minimum Gasteiger partial charge on any atom is -0.444 e. The molecule has 1 aromatic rings. The molecule has 4 atom stereocenters. The normalized spacial score (nSPS) is 28.0. The highest BCUT2D eigenvalue weighted by molar-refractivity contribution is 5.68. The van der Waals surface area contributed by atoms with Crippen LogP contribution in [0.3, 0.4) is 0 Å². The Morgan fingerprint density at radius 2 is 1.88 bits per heavy atom. The molecule has 0 spiro atoms. The van der Waals surface area contributed by atoms with Crippen molar-refractivity contribution in [1.29, 1.82) is 0 Å². The van der Waals surface area contributed by atoms with E-state index in [1.54, 1.807) is 4.90 Å². The lowest BCUT2D eigenvalue weighted by Crippen LogP contribution is -2.49. The van der Waals surface area contributed by atoms with E-state index in [1.165, 1.54) is 0 Å². The molecule has 2 heterocycles. The second-order valence-electron chi connectivity index (χ2n) is 7.78. The Morgan fingerprint density at radius 3 is 2.54 bits per heavy atom. The van der Waals surface area contributed by atoms with Crippen LogP contribution in [0, 0.1) is 5.92 Å². The van der Waals surface area contributed by atoms with Crippen LogP contribution in [0.1, 0.15) is 33.3 Å². The van der Waals surface area contributed by atoms with Crippen LogP contribution in [-0.4, -0.2) is 54.8 Å². The number of ether oxygens (including phenoxy) is 4. The first-order valence-electron chi connectivity index (χ1n) is 9.27. The molecule has 26 heavy (non-hydrogen) atoms. The maximum Gasteiger partial charge on any atom is 0.410 e. The highest BCUT2D eigenvalue weighted by atomic mass is 16.7. The molecule has 2 aliphatic rings. The van der Waals surface area contributed by atoms with Gasteiger partial charge in [-0.2, -0.15) is 0 Å². The summed E-state index contributed by atoms with van der Waals surface area (Å²) in [6, 6.07) is 9.94. The van der Waals surface area contributed by atoms with Gasteiger partial charge in [-0.1, -0.05) is 30.3 Å². The van der Waals surface area contributed by atoms with Crippen molar-refractivity contribution < 1.29 is 23.7 Å². The van der Waals surface area contributed by atoms with Gasteiger partial charge in [0.05, 0.1) is 37.9 Å². The van der Waals surface area contributed by atoms with E-state index in [1.807, 2.05) is 58.0 Å². The Labute approximate surface area is 155 Å². The topological polar surface area (TPSA) is 57.2 Å². The van der Waals surface area contributed by atoms with Gasteiger partial charge in [0.1, 0.15) is 5.60 Å².